The van der Waals surface area contributed by atoms with Crippen molar-refractivity contribution in [3.63, 3.8) is 0 Å². The molecule has 4 saturated carbocycles. The van der Waals surface area contributed by atoms with Crippen molar-refractivity contribution in [3.05, 3.63) is 18.0 Å². The molecule has 5 rings (SSSR count). The molecule has 4 aliphatic rings. The Morgan fingerprint density at radius 3 is 2.66 bits per heavy atom. The monoisotopic (exact) mass is 439 g/mol. The zero-order valence-electron chi connectivity index (χ0n) is 20.1. The van der Waals surface area contributed by atoms with E-state index in [1.807, 2.05) is 6.92 Å². The molecule has 2 N–H and O–H groups in total. The third-order valence-electron chi connectivity index (χ3n) is 10.8. The van der Waals surface area contributed by atoms with Gasteiger partial charge in [0.15, 0.2) is 0 Å². The predicted octanol–water partition coefficient (Wildman–Crippen LogP) is 4.92. The summed E-state index contributed by atoms with van der Waals surface area (Å²) in [5.74, 6) is 4.11. The molecule has 0 amide bonds. The summed E-state index contributed by atoms with van der Waals surface area (Å²) in [7, 11) is 0. The van der Waals surface area contributed by atoms with Gasteiger partial charge in [-0.15, -0.1) is 0 Å². The normalized spacial score (nSPS) is 45.2. The minimum absolute atomic E-state index is 0.182. The summed E-state index contributed by atoms with van der Waals surface area (Å²) in [6.45, 7) is 7.06. The maximum absolute atomic E-state index is 11.7. The fourth-order valence-electron chi connectivity index (χ4n) is 9.25. The second-order valence-electron chi connectivity index (χ2n) is 12.3. The van der Waals surface area contributed by atoms with Crippen molar-refractivity contribution in [1.29, 1.82) is 5.26 Å². The average Bonchev–Trinajstić information content (AvgIpc) is 3.36. The van der Waals surface area contributed by atoms with Crippen LogP contribution in [0.3, 0.4) is 0 Å². The molecule has 0 aromatic carbocycles. The SMILES string of the molecule is CC[C@@]1(O)CC[C@H]2[C@H](CC[C@@H]3[C@@H]2CC[C@]2(C)C([C@@](C)(O)Cn4cc(C#N)cn4)CC[C@@H]32)C1. The van der Waals surface area contributed by atoms with Crippen LogP contribution < -0.4 is 0 Å². The Morgan fingerprint density at radius 2 is 1.94 bits per heavy atom. The lowest BCUT2D eigenvalue weighted by atomic mass is 9.48. The molecule has 0 saturated heterocycles. The lowest BCUT2D eigenvalue weighted by molar-refractivity contribution is -0.129. The van der Waals surface area contributed by atoms with E-state index >= 15 is 0 Å². The number of nitriles is 1. The molecule has 176 valence electrons. The molecular formula is C27H41N3O2. The molecule has 0 radical (unpaired) electrons. The summed E-state index contributed by atoms with van der Waals surface area (Å²) in [6.07, 6.45) is 14.9. The van der Waals surface area contributed by atoms with Gasteiger partial charge in [0.05, 0.1) is 29.5 Å². The highest BCUT2D eigenvalue weighted by Gasteiger charge is 2.60. The molecule has 1 aromatic heterocycles. The predicted molar refractivity (Wildman–Crippen MR) is 123 cm³/mol. The van der Waals surface area contributed by atoms with Crippen molar-refractivity contribution in [1.82, 2.24) is 9.78 Å². The number of rotatable bonds is 4. The van der Waals surface area contributed by atoms with Crippen LogP contribution in [0.2, 0.25) is 0 Å². The van der Waals surface area contributed by atoms with Gasteiger partial charge in [0.2, 0.25) is 0 Å². The molecule has 5 heteroatoms. The minimum Gasteiger partial charge on any atom is -0.390 e. The fourth-order valence-corrected chi connectivity index (χ4v) is 9.25. The van der Waals surface area contributed by atoms with Crippen LogP contribution in [0, 0.1) is 52.3 Å². The smallest absolute Gasteiger partial charge is 0.102 e. The Labute approximate surface area is 193 Å². The van der Waals surface area contributed by atoms with Crippen LogP contribution in [0.25, 0.3) is 0 Å². The van der Waals surface area contributed by atoms with E-state index in [2.05, 4.69) is 25.0 Å². The molecule has 1 unspecified atom stereocenters. The molecule has 1 aromatic rings. The number of nitrogens with zero attached hydrogens (tertiary/aromatic N) is 3. The van der Waals surface area contributed by atoms with E-state index in [9.17, 15) is 10.2 Å². The van der Waals surface area contributed by atoms with Gasteiger partial charge in [-0.05, 0) is 112 Å². The largest absolute Gasteiger partial charge is 0.390 e. The lowest BCUT2D eigenvalue weighted by Crippen LogP contribution is -2.53. The molecule has 9 atom stereocenters. The summed E-state index contributed by atoms with van der Waals surface area (Å²) in [4.78, 5) is 0. The first kappa shape index (κ1) is 22.4. The molecular weight excluding hydrogens is 398 g/mol. The van der Waals surface area contributed by atoms with Gasteiger partial charge < -0.3 is 10.2 Å². The van der Waals surface area contributed by atoms with Crippen molar-refractivity contribution in [3.8, 4) is 6.07 Å². The maximum Gasteiger partial charge on any atom is 0.102 e. The topological polar surface area (TPSA) is 82.1 Å². The zero-order chi connectivity index (χ0) is 22.7. The Kier molecular flexibility index (Phi) is 5.49. The second-order valence-corrected chi connectivity index (χ2v) is 12.3. The molecule has 0 spiro atoms. The van der Waals surface area contributed by atoms with Crippen LogP contribution >= 0.6 is 0 Å². The van der Waals surface area contributed by atoms with Gasteiger partial charge in [-0.2, -0.15) is 10.4 Å². The number of aliphatic hydroxyl groups is 2. The molecule has 4 fully saturated rings. The molecule has 4 aliphatic carbocycles. The van der Waals surface area contributed by atoms with Crippen LogP contribution in [0.1, 0.15) is 90.5 Å². The third-order valence-corrected chi connectivity index (χ3v) is 10.8. The first-order valence-corrected chi connectivity index (χ1v) is 13.1. The standard InChI is InChI=1S/C27H41N3O2/c1-4-27(32)12-10-20-19(13-27)5-6-22-21(20)9-11-25(2)23(22)7-8-24(25)26(3,31)17-30-16-18(14-28)15-29-30/h15-16,19-24,31-32H,4-13,17H2,1-3H3/t19-,20+,21-,22-,23+,24?,25+,26+,27-/m1/s1. The maximum atomic E-state index is 11.7. The van der Waals surface area contributed by atoms with Gasteiger partial charge in [0.1, 0.15) is 6.07 Å². The third kappa shape index (κ3) is 3.53. The number of aromatic nitrogens is 2. The van der Waals surface area contributed by atoms with Crippen molar-refractivity contribution < 1.29 is 10.2 Å². The minimum atomic E-state index is -0.825. The molecule has 1 heterocycles. The highest BCUT2D eigenvalue weighted by molar-refractivity contribution is 5.21. The molecule has 0 bridgehead atoms. The number of hydrogen-bond acceptors (Lipinski definition) is 4. The fraction of sp³-hybridized carbons (Fsp3) is 0.852. The Bertz CT molecular complexity index is 888. The Balaban J connectivity index is 1.32. The van der Waals surface area contributed by atoms with E-state index in [1.54, 1.807) is 17.1 Å². The van der Waals surface area contributed by atoms with E-state index in [1.165, 1.54) is 38.5 Å². The zero-order valence-corrected chi connectivity index (χ0v) is 20.1. The van der Waals surface area contributed by atoms with E-state index in [4.69, 9.17) is 5.26 Å². The highest BCUT2D eigenvalue weighted by Crippen LogP contribution is 2.66. The highest BCUT2D eigenvalue weighted by atomic mass is 16.3. The van der Waals surface area contributed by atoms with Gasteiger partial charge in [-0.25, -0.2) is 0 Å². The van der Waals surface area contributed by atoms with Crippen molar-refractivity contribution in [2.45, 2.75) is 103 Å². The molecule has 32 heavy (non-hydrogen) atoms. The molecule has 0 aliphatic heterocycles. The van der Waals surface area contributed by atoms with Crippen molar-refractivity contribution in [2.24, 2.45) is 40.9 Å². The number of hydrogen-bond donors (Lipinski definition) is 2. The average molecular weight is 440 g/mol. The van der Waals surface area contributed by atoms with Gasteiger partial charge in [0.25, 0.3) is 0 Å². The first-order valence-electron chi connectivity index (χ1n) is 13.1. The van der Waals surface area contributed by atoms with E-state index in [-0.39, 0.29) is 11.3 Å². The Morgan fingerprint density at radius 1 is 1.16 bits per heavy atom. The number of fused-ring (bicyclic) bond motifs is 5. The summed E-state index contributed by atoms with van der Waals surface area (Å²) >= 11 is 0. The summed E-state index contributed by atoms with van der Waals surface area (Å²) in [5.41, 5.74) is -0.501. The van der Waals surface area contributed by atoms with Gasteiger partial charge in [-0.1, -0.05) is 13.8 Å². The quantitative estimate of drug-likeness (QED) is 0.698. The van der Waals surface area contributed by atoms with E-state index in [0.717, 1.165) is 43.4 Å². The lowest BCUT2D eigenvalue weighted by Gasteiger charge is -2.58. The second kappa shape index (κ2) is 7.84. The van der Waals surface area contributed by atoms with Gasteiger partial charge >= 0.3 is 0 Å². The van der Waals surface area contributed by atoms with E-state index in [0.29, 0.717) is 23.9 Å². The molecule has 5 nitrogen and oxygen atoms in total. The van der Waals surface area contributed by atoms with E-state index < -0.39 is 11.2 Å². The van der Waals surface area contributed by atoms with Crippen molar-refractivity contribution in [2.75, 3.05) is 0 Å². The van der Waals surface area contributed by atoms with Gasteiger partial charge in [0, 0.05) is 6.20 Å². The summed E-state index contributed by atoms with van der Waals surface area (Å²) in [6, 6.07) is 2.14. The van der Waals surface area contributed by atoms with Gasteiger partial charge in [-0.3, -0.25) is 4.68 Å². The first-order chi connectivity index (χ1) is 15.2. The van der Waals surface area contributed by atoms with Crippen LogP contribution in [0.5, 0.6) is 0 Å². The Hall–Kier alpha value is -1.38. The summed E-state index contributed by atoms with van der Waals surface area (Å²) in [5, 5.41) is 36.0. The van der Waals surface area contributed by atoms with Crippen LogP contribution in [-0.4, -0.2) is 31.2 Å². The van der Waals surface area contributed by atoms with Crippen molar-refractivity contribution >= 4 is 0 Å². The van der Waals surface area contributed by atoms with Crippen LogP contribution in [-0.2, 0) is 6.54 Å². The van der Waals surface area contributed by atoms with Crippen LogP contribution in [0.4, 0.5) is 0 Å². The van der Waals surface area contributed by atoms with Crippen LogP contribution in [0.15, 0.2) is 12.4 Å². The summed E-state index contributed by atoms with van der Waals surface area (Å²) < 4.78 is 1.75.